The van der Waals surface area contributed by atoms with Gasteiger partial charge in [-0.15, -0.1) is 0 Å². The molecule has 6 heteroatoms. The van der Waals surface area contributed by atoms with Gasteiger partial charge in [-0.3, -0.25) is 4.40 Å². The molecule has 2 aromatic heterocycles. The molecule has 0 unspecified atom stereocenters. The molecule has 5 atom stereocenters. The fraction of sp³-hybridized carbons (Fsp3) is 0.400. The largest absolute Gasteiger partial charge is 0.390 e. The van der Waals surface area contributed by atoms with E-state index in [-0.39, 0.29) is 5.92 Å². The Hall–Kier alpha value is -2.44. The monoisotopic (exact) mass is 350 g/mol. The number of hydrogen-bond donors (Lipinski definition) is 3. The maximum absolute atomic E-state index is 10.3. The van der Waals surface area contributed by atoms with Gasteiger partial charge in [0.1, 0.15) is 0 Å². The lowest BCUT2D eigenvalue weighted by molar-refractivity contribution is 0.0345. The smallest absolute Gasteiger partial charge is 0.180 e. The number of fused-ring (bicyclic) bond motifs is 1. The number of aliphatic hydroxyl groups is 2. The number of nitrogens with one attached hydrogen (secondary N) is 1. The lowest BCUT2D eigenvalue weighted by atomic mass is 10.0. The van der Waals surface area contributed by atoms with E-state index in [4.69, 9.17) is 0 Å². The number of nitrogens with zero attached hydrogens (tertiary/aromatic N) is 3. The fourth-order valence-electron chi connectivity index (χ4n) is 4.20. The lowest BCUT2D eigenvalue weighted by Gasteiger charge is -2.16. The van der Waals surface area contributed by atoms with E-state index in [1.165, 1.54) is 5.56 Å². The van der Waals surface area contributed by atoms with Gasteiger partial charge in [-0.2, -0.15) is 0 Å². The Kier molecular flexibility index (Phi) is 3.69. The minimum absolute atomic E-state index is 0.0896. The van der Waals surface area contributed by atoms with Gasteiger partial charge in [-0.1, -0.05) is 30.3 Å². The second-order valence-electron chi connectivity index (χ2n) is 7.40. The quantitative estimate of drug-likeness (QED) is 0.672. The van der Waals surface area contributed by atoms with Crippen LogP contribution in [0.4, 0.5) is 5.82 Å². The van der Waals surface area contributed by atoms with Gasteiger partial charge in [-0.05, 0) is 24.8 Å². The Morgan fingerprint density at radius 1 is 1.04 bits per heavy atom. The van der Waals surface area contributed by atoms with Crippen molar-refractivity contribution < 1.29 is 10.2 Å². The maximum atomic E-state index is 10.3. The third kappa shape index (κ3) is 2.57. The minimum atomic E-state index is -0.731. The molecule has 134 valence electrons. The highest BCUT2D eigenvalue weighted by Crippen LogP contribution is 2.43. The minimum Gasteiger partial charge on any atom is -0.390 e. The van der Waals surface area contributed by atoms with Gasteiger partial charge in [0.25, 0.3) is 0 Å². The molecule has 0 amide bonds. The molecule has 0 bridgehead atoms. The van der Waals surface area contributed by atoms with Crippen molar-refractivity contribution in [1.29, 1.82) is 0 Å². The highest BCUT2D eigenvalue weighted by molar-refractivity contribution is 5.64. The van der Waals surface area contributed by atoms with Crippen molar-refractivity contribution in [1.82, 2.24) is 14.4 Å². The molecule has 2 heterocycles. The molecule has 3 N–H and O–H groups in total. The van der Waals surface area contributed by atoms with Crippen LogP contribution in [0.2, 0.25) is 0 Å². The van der Waals surface area contributed by atoms with E-state index in [0.717, 1.165) is 30.0 Å². The standard InChI is InChI=1S/C20H22N4O2/c25-17-7-6-13(18(17)26)16-11-22-20-19(21-8-9-24(16)20)23-15-10-14(15)12-4-2-1-3-5-12/h1-5,8-9,11,13-15,17-18,25-26H,6-7,10H2,(H,21,23)/t13-,14+,15-,17+,18-/m0/s1. The molecule has 2 fully saturated rings. The fourth-order valence-corrected chi connectivity index (χ4v) is 4.20. The van der Waals surface area contributed by atoms with Gasteiger partial charge in [0.2, 0.25) is 0 Å². The number of benzene rings is 1. The first-order valence-electron chi connectivity index (χ1n) is 9.22. The Labute approximate surface area is 151 Å². The van der Waals surface area contributed by atoms with Gasteiger partial charge >= 0.3 is 0 Å². The molecule has 1 aromatic carbocycles. The van der Waals surface area contributed by atoms with Crippen LogP contribution >= 0.6 is 0 Å². The number of anilines is 1. The summed E-state index contributed by atoms with van der Waals surface area (Å²) in [5.41, 5.74) is 3.06. The van der Waals surface area contributed by atoms with Crippen molar-refractivity contribution in [3.8, 4) is 0 Å². The van der Waals surface area contributed by atoms with Crippen LogP contribution in [0, 0.1) is 0 Å². The predicted octanol–water partition coefficient (Wildman–Crippen LogP) is 2.30. The van der Waals surface area contributed by atoms with Crippen LogP contribution in [0.15, 0.2) is 48.9 Å². The Morgan fingerprint density at radius 3 is 2.65 bits per heavy atom. The number of aliphatic hydroxyl groups excluding tert-OH is 2. The van der Waals surface area contributed by atoms with E-state index in [1.807, 2.05) is 16.7 Å². The molecular formula is C20H22N4O2. The van der Waals surface area contributed by atoms with Crippen LogP contribution in [-0.4, -0.2) is 42.8 Å². The molecule has 3 aromatic rings. The maximum Gasteiger partial charge on any atom is 0.180 e. The Balaban J connectivity index is 1.40. The summed E-state index contributed by atoms with van der Waals surface area (Å²) in [6.45, 7) is 0. The van der Waals surface area contributed by atoms with E-state index in [1.54, 1.807) is 12.4 Å². The summed E-state index contributed by atoms with van der Waals surface area (Å²) in [6.07, 6.45) is 6.54. The van der Waals surface area contributed by atoms with Crippen LogP contribution < -0.4 is 5.32 Å². The van der Waals surface area contributed by atoms with Crippen molar-refractivity contribution in [3.05, 3.63) is 60.2 Å². The van der Waals surface area contributed by atoms with Gasteiger partial charge in [0, 0.05) is 42.2 Å². The third-order valence-electron chi connectivity index (χ3n) is 5.76. The molecular weight excluding hydrogens is 328 g/mol. The molecule has 0 aliphatic heterocycles. The average molecular weight is 350 g/mol. The molecule has 6 nitrogen and oxygen atoms in total. The second kappa shape index (κ2) is 6.07. The van der Waals surface area contributed by atoms with E-state index in [2.05, 4.69) is 39.6 Å². The van der Waals surface area contributed by atoms with Crippen molar-refractivity contribution in [2.24, 2.45) is 0 Å². The summed E-state index contributed by atoms with van der Waals surface area (Å²) in [5, 5.41) is 23.6. The zero-order chi connectivity index (χ0) is 17.7. The van der Waals surface area contributed by atoms with Crippen LogP contribution in [-0.2, 0) is 0 Å². The van der Waals surface area contributed by atoms with E-state index in [0.29, 0.717) is 18.4 Å². The predicted molar refractivity (Wildman–Crippen MR) is 98.2 cm³/mol. The van der Waals surface area contributed by atoms with Crippen molar-refractivity contribution in [2.75, 3.05) is 5.32 Å². The van der Waals surface area contributed by atoms with Crippen LogP contribution in [0.5, 0.6) is 0 Å². The number of rotatable bonds is 4. The Bertz CT molecular complexity index is 926. The molecule has 0 saturated heterocycles. The molecule has 2 aliphatic rings. The first-order chi connectivity index (χ1) is 12.7. The number of imidazole rings is 1. The third-order valence-corrected chi connectivity index (χ3v) is 5.76. The zero-order valence-electron chi connectivity index (χ0n) is 14.4. The van der Waals surface area contributed by atoms with E-state index >= 15 is 0 Å². The first-order valence-corrected chi connectivity index (χ1v) is 9.22. The summed E-state index contributed by atoms with van der Waals surface area (Å²) in [5.74, 6) is 1.20. The highest BCUT2D eigenvalue weighted by atomic mass is 16.3. The molecule has 5 rings (SSSR count). The SMILES string of the molecule is O[C@@H]1[C@H](O)CC[C@H]1c1cnc2c(N[C@H]3C[C@@H]3c3ccccc3)nccn12. The summed E-state index contributed by atoms with van der Waals surface area (Å²) in [6, 6.07) is 10.9. The second-order valence-corrected chi connectivity index (χ2v) is 7.40. The van der Waals surface area contributed by atoms with Crippen molar-refractivity contribution in [3.63, 3.8) is 0 Å². The molecule has 26 heavy (non-hydrogen) atoms. The Morgan fingerprint density at radius 2 is 1.88 bits per heavy atom. The number of hydrogen-bond acceptors (Lipinski definition) is 5. The normalized spacial score (nSPS) is 30.6. The summed E-state index contributed by atoms with van der Waals surface area (Å²) in [4.78, 5) is 9.03. The van der Waals surface area contributed by atoms with Crippen LogP contribution in [0.3, 0.4) is 0 Å². The van der Waals surface area contributed by atoms with E-state index < -0.39 is 12.2 Å². The van der Waals surface area contributed by atoms with Crippen molar-refractivity contribution >= 4 is 11.5 Å². The van der Waals surface area contributed by atoms with Crippen LogP contribution in [0.25, 0.3) is 5.65 Å². The first kappa shape index (κ1) is 15.8. The van der Waals surface area contributed by atoms with Crippen molar-refractivity contribution in [2.45, 2.75) is 49.3 Å². The zero-order valence-corrected chi connectivity index (χ0v) is 14.4. The summed E-state index contributed by atoms with van der Waals surface area (Å²) < 4.78 is 1.99. The van der Waals surface area contributed by atoms with Crippen LogP contribution in [0.1, 0.15) is 42.4 Å². The summed E-state index contributed by atoms with van der Waals surface area (Å²) in [7, 11) is 0. The van der Waals surface area contributed by atoms with E-state index in [9.17, 15) is 10.2 Å². The van der Waals surface area contributed by atoms with Gasteiger partial charge in [0.05, 0.1) is 12.2 Å². The molecule has 0 spiro atoms. The summed E-state index contributed by atoms with van der Waals surface area (Å²) >= 11 is 0. The molecule has 2 aliphatic carbocycles. The lowest BCUT2D eigenvalue weighted by Crippen LogP contribution is -2.24. The van der Waals surface area contributed by atoms with Gasteiger partial charge in [0.15, 0.2) is 11.5 Å². The number of aromatic nitrogens is 3. The highest BCUT2D eigenvalue weighted by Gasteiger charge is 2.39. The average Bonchev–Trinajstić information content (AvgIpc) is 3.18. The topological polar surface area (TPSA) is 82.7 Å². The molecule has 2 saturated carbocycles. The van der Waals surface area contributed by atoms with Gasteiger partial charge < -0.3 is 15.5 Å². The van der Waals surface area contributed by atoms with Gasteiger partial charge in [-0.25, -0.2) is 9.97 Å². The molecule has 0 radical (unpaired) electrons.